The van der Waals surface area contributed by atoms with Crippen molar-refractivity contribution in [3.05, 3.63) is 0 Å². The molecule has 1 aliphatic rings. The molecule has 3 heteroatoms. The Kier molecular flexibility index (Phi) is 7.82. The molecular formula is C14H31N3. The van der Waals surface area contributed by atoms with Crippen LogP contribution in [0.3, 0.4) is 0 Å². The van der Waals surface area contributed by atoms with Gasteiger partial charge in [-0.15, -0.1) is 0 Å². The van der Waals surface area contributed by atoms with E-state index in [0.29, 0.717) is 0 Å². The van der Waals surface area contributed by atoms with Crippen molar-refractivity contribution in [2.45, 2.75) is 32.6 Å². The van der Waals surface area contributed by atoms with E-state index in [-0.39, 0.29) is 0 Å². The summed E-state index contributed by atoms with van der Waals surface area (Å²) in [5, 5.41) is 3.53. The minimum atomic E-state index is 0.925. The van der Waals surface area contributed by atoms with E-state index >= 15 is 0 Å². The van der Waals surface area contributed by atoms with E-state index in [2.05, 4.69) is 36.1 Å². The molecule has 0 radical (unpaired) electrons. The number of nitrogens with one attached hydrogen (secondary N) is 1. The lowest BCUT2D eigenvalue weighted by Crippen LogP contribution is -2.40. The van der Waals surface area contributed by atoms with Gasteiger partial charge in [0.15, 0.2) is 0 Å². The first-order valence-electron chi connectivity index (χ1n) is 7.30. The molecule has 1 fully saturated rings. The summed E-state index contributed by atoms with van der Waals surface area (Å²) in [7, 11) is 4.37. The highest BCUT2D eigenvalue weighted by molar-refractivity contribution is 4.74. The molecule has 1 heterocycles. The molecule has 1 aliphatic heterocycles. The highest BCUT2D eigenvalue weighted by atomic mass is 15.1. The Morgan fingerprint density at radius 1 is 1.18 bits per heavy atom. The fraction of sp³-hybridized carbons (Fsp3) is 1.00. The molecule has 0 aromatic heterocycles. The van der Waals surface area contributed by atoms with Gasteiger partial charge < -0.3 is 15.1 Å². The van der Waals surface area contributed by atoms with Gasteiger partial charge in [-0.05, 0) is 58.9 Å². The van der Waals surface area contributed by atoms with Crippen LogP contribution in [0.2, 0.25) is 0 Å². The van der Waals surface area contributed by atoms with Gasteiger partial charge in [-0.3, -0.25) is 0 Å². The van der Waals surface area contributed by atoms with Gasteiger partial charge in [-0.1, -0.05) is 13.3 Å². The van der Waals surface area contributed by atoms with E-state index in [1.54, 1.807) is 0 Å². The summed E-state index contributed by atoms with van der Waals surface area (Å²) in [5.41, 5.74) is 0. The van der Waals surface area contributed by atoms with E-state index in [4.69, 9.17) is 0 Å². The zero-order valence-electron chi connectivity index (χ0n) is 12.0. The van der Waals surface area contributed by atoms with Crippen molar-refractivity contribution >= 4 is 0 Å². The second-order valence-corrected chi connectivity index (χ2v) is 5.65. The van der Waals surface area contributed by atoms with E-state index in [1.807, 2.05) is 0 Å². The number of hydrogen-bond acceptors (Lipinski definition) is 3. The number of nitrogens with zero attached hydrogens (tertiary/aromatic N) is 2. The average molecular weight is 241 g/mol. The van der Waals surface area contributed by atoms with Gasteiger partial charge in [0.25, 0.3) is 0 Å². The Balaban J connectivity index is 1.99. The normalized spacial score (nSPS) is 19.1. The zero-order valence-corrected chi connectivity index (χ0v) is 12.0. The Morgan fingerprint density at radius 3 is 2.47 bits per heavy atom. The number of rotatable bonds is 8. The third kappa shape index (κ3) is 7.02. The first kappa shape index (κ1) is 14.9. The van der Waals surface area contributed by atoms with Gasteiger partial charge in [-0.25, -0.2) is 0 Å². The van der Waals surface area contributed by atoms with Crippen LogP contribution < -0.4 is 5.32 Å². The number of unbranched alkanes of at least 4 members (excludes halogenated alkanes) is 1. The highest BCUT2D eigenvalue weighted by Gasteiger charge is 2.18. The molecule has 0 saturated carbocycles. The van der Waals surface area contributed by atoms with Gasteiger partial charge in [-0.2, -0.15) is 0 Å². The van der Waals surface area contributed by atoms with Crippen molar-refractivity contribution in [3.8, 4) is 0 Å². The number of piperidine rings is 1. The fourth-order valence-corrected chi connectivity index (χ4v) is 2.57. The van der Waals surface area contributed by atoms with Gasteiger partial charge >= 0.3 is 0 Å². The lowest BCUT2D eigenvalue weighted by molar-refractivity contribution is 0.163. The summed E-state index contributed by atoms with van der Waals surface area (Å²) in [6, 6.07) is 0. The summed E-state index contributed by atoms with van der Waals surface area (Å²) < 4.78 is 0. The van der Waals surface area contributed by atoms with Crippen LogP contribution in [-0.4, -0.2) is 63.2 Å². The predicted octanol–water partition coefficient (Wildman–Crippen LogP) is 1.65. The largest absolute Gasteiger partial charge is 0.315 e. The molecule has 1 N–H and O–H groups in total. The summed E-state index contributed by atoms with van der Waals surface area (Å²) >= 11 is 0. The highest BCUT2D eigenvalue weighted by Crippen LogP contribution is 2.17. The molecule has 0 bridgehead atoms. The maximum atomic E-state index is 3.53. The van der Waals surface area contributed by atoms with Crippen LogP contribution >= 0.6 is 0 Å². The SMILES string of the molecule is CCCCNCCN1CCC(CN(C)C)CC1. The molecule has 0 amide bonds. The minimum Gasteiger partial charge on any atom is -0.315 e. The molecule has 1 rings (SSSR count). The smallest absolute Gasteiger partial charge is 0.0107 e. The molecule has 0 aliphatic carbocycles. The van der Waals surface area contributed by atoms with Crippen LogP contribution in [0, 0.1) is 5.92 Å². The maximum Gasteiger partial charge on any atom is 0.0107 e. The number of hydrogen-bond donors (Lipinski definition) is 1. The van der Waals surface area contributed by atoms with Crippen LogP contribution in [0.15, 0.2) is 0 Å². The van der Waals surface area contributed by atoms with Crippen molar-refractivity contribution in [1.82, 2.24) is 15.1 Å². The lowest BCUT2D eigenvalue weighted by Gasteiger charge is -2.33. The van der Waals surface area contributed by atoms with Crippen molar-refractivity contribution < 1.29 is 0 Å². The summed E-state index contributed by atoms with van der Waals surface area (Å²) in [6.45, 7) is 9.70. The van der Waals surface area contributed by atoms with Crippen molar-refractivity contribution in [1.29, 1.82) is 0 Å². The van der Waals surface area contributed by atoms with E-state index in [1.165, 1.54) is 65.0 Å². The van der Waals surface area contributed by atoms with Gasteiger partial charge in [0.05, 0.1) is 0 Å². The molecule has 0 unspecified atom stereocenters. The summed E-state index contributed by atoms with van der Waals surface area (Å²) in [6.07, 6.45) is 5.37. The monoisotopic (exact) mass is 241 g/mol. The second-order valence-electron chi connectivity index (χ2n) is 5.65. The molecule has 17 heavy (non-hydrogen) atoms. The number of likely N-dealkylation sites (tertiary alicyclic amines) is 1. The Morgan fingerprint density at radius 2 is 1.88 bits per heavy atom. The Labute approximate surface area is 108 Å². The first-order chi connectivity index (χ1) is 8.22. The molecule has 0 aromatic carbocycles. The standard InChI is InChI=1S/C14H31N3/c1-4-5-8-15-9-12-17-10-6-14(7-11-17)13-16(2)3/h14-15H,4-13H2,1-3H3. The second kappa shape index (κ2) is 8.90. The topological polar surface area (TPSA) is 18.5 Å². The molecule has 102 valence electrons. The lowest BCUT2D eigenvalue weighted by atomic mass is 9.96. The summed E-state index contributed by atoms with van der Waals surface area (Å²) in [4.78, 5) is 4.94. The van der Waals surface area contributed by atoms with Crippen LogP contribution in [0.4, 0.5) is 0 Å². The molecule has 0 aromatic rings. The molecule has 0 spiro atoms. The molecule has 0 atom stereocenters. The van der Waals surface area contributed by atoms with Crippen LogP contribution in [0.1, 0.15) is 32.6 Å². The third-order valence-corrected chi connectivity index (χ3v) is 3.64. The first-order valence-corrected chi connectivity index (χ1v) is 7.30. The van der Waals surface area contributed by atoms with E-state index < -0.39 is 0 Å². The van der Waals surface area contributed by atoms with Crippen LogP contribution in [0.25, 0.3) is 0 Å². The fourth-order valence-electron chi connectivity index (χ4n) is 2.57. The predicted molar refractivity (Wildman–Crippen MR) is 75.5 cm³/mol. The maximum absolute atomic E-state index is 3.53. The minimum absolute atomic E-state index is 0.925. The molecular weight excluding hydrogens is 210 g/mol. The van der Waals surface area contributed by atoms with Gasteiger partial charge in [0, 0.05) is 19.6 Å². The van der Waals surface area contributed by atoms with Crippen LogP contribution in [-0.2, 0) is 0 Å². The van der Waals surface area contributed by atoms with Crippen LogP contribution in [0.5, 0.6) is 0 Å². The summed E-state index contributed by atoms with van der Waals surface area (Å²) in [5.74, 6) is 0.925. The van der Waals surface area contributed by atoms with Gasteiger partial charge in [0.1, 0.15) is 0 Å². The quantitative estimate of drug-likeness (QED) is 0.652. The van der Waals surface area contributed by atoms with Crippen molar-refractivity contribution in [2.24, 2.45) is 5.92 Å². The third-order valence-electron chi connectivity index (χ3n) is 3.64. The Hall–Kier alpha value is -0.120. The molecule has 3 nitrogen and oxygen atoms in total. The molecule has 1 saturated heterocycles. The van der Waals surface area contributed by atoms with E-state index in [0.717, 1.165) is 5.92 Å². The Bertz CT molecular complexity index is 174. The average Bonchev–Trinajstić information content (AvgIpc) is 2.30. The van der Waals surface area contributed by atoms with E-state index in [9.17, 15) is 0 Å². The zero-order chi connectivity index (χ0) is 12.5. The van der Waals surface area contributed by atoms with Gasteiger partial charge in [0.2, 0.25) is 0 Å². The van der Waals surface area contributed by atoms with Crippen molar-refractivity contribution in [3.63, 3.8) is 0 Å². The van der Waals surface area contributed by atoms with Crippen molar-refractivity contribution in [2.75, 3.05) is 53.4 Å².